The fourth-order valence-electron chi connectivity index (χ4n) is 7.36. The zero-order chi connectivity index (χ0) is 32.3. The van der Waals surface area contributed by atoms with Gasteiger partial charge in [-0.3, -0.25) is 27.9 Å². The number of hydrogen-bond acceptors (Lipinski definition) is 16. The normalized spacial score (nSPS) is 41.0. The molecule has 5 heterocycles. The van der Waals surface area contributed by atoms with Gasteiger partial charge in [0.15, 0.2) is 22.6 Å². The van der Waals surface area contributed by atoms with Crippen molar-refractivity contribution in [2.45, 2.75) is 49.3 Å². The van der Waals surface area contributed by atoms with E-state index in [9.17, 15) is 33.9 Å². The van der Waals surface area contributed by atoms with E-state index >= 15 is 0 Å². The highest BCUT2D eigenvalue weighted by molar-refractivity contribution is 7.47. The smallest absolute Gasteiger partial charge is 0.388 e. The molecule has 2 unspecified atom stereocenters. The Kier molecular flexibility index (Phi) is 6.57. The van der Waals surface area contributed by atoms with Crippen molar-refractivity contribution in [1.82, 2.24) is 39.0 Å². The molecule has 246 valence electrons. The molecule has 1 spiro atoms. The van der Waals surface area contributed by atoms with Crippen molar-refractivity contribution in [1.29, 1.82) is 0 Å². The summed E-state index contributed by atoms with van der Waals surface area (Å²) in [5, 5.41) is 22.8. The van der Waals surface area contributed by atoms with E-state index in [1.807, 2.05) is 0 Å². The Hall–Kier alpha value is -3.36. The van der Waals surface area contributed by atoms with Gasteiger partial charge in [0.05, 0.1) is 38.0 Å². The van der Waals surface area contributed by atoms with Gasteiger partial charge in [0.25, 0.3) is 5.56 Å². The van der Waals surface area contributed by atoms with Gasteiger partial charge in [0.2, 0.25) is 5.95 Å². The molecule has 0 radical (unpaired) electrons. The molecular formula is C23H28N10O11P2. The van der Waals surface area contributed by atoms with E-state index in [0.29, 0.717) is 0 Å². The van der Waals surface area contributed by atoms with Crippen molar-refractivity contribution < 1.29 is 47.2 Å². The fraction of sp³-hybridized carbons (Fsp3) is 0.565. The third-order valence-electron chi connectivity index (χ3n) is 9.52. The molecule has 3 aliphatic carbocycles. The van der Waals surface area contributed by atoms with Crippen molar-refractivity contribution >= 4 is 49.7 Å². The van der Waals surface area contributed by atoms with Crippen LogP contribution in [0.1, 0.15) is 24.9 Å². The number of aromatic nitrogens is 8. The highest BCUT2D eigenvalue weighted by Gasteiger charge is 2.74. The van der Waals surface area contributed by atoms with Gasteiger partial charge < -0.3 is 40.6 Å². The standard InChI is InChI=1S/C23H28N10O11P2/c24-18-11-19(27-5-26-18)32(6-28-11)10-1-8-3-41-45(37,38)44-17-15(35)13(33-7-29-12-20(33)30-22(25)31-21(12)36)9-2-23(9,17)4-42-46(39,40)43-16(8)14(10)34/h5-10,13-17,34-35H,1-4H2,(H,37,38)(H,39,40)(H2,24,26,27)(H3,25,30,31,36)/t8-,9-,10-,13-,14+,15+,16-,17+,23-/m1/s1. The third kappa shape index (κ3) is 4.54. The number of nitrogens with zero attached hydrogens (tertiary/aromatic N) is 7. The number of phosphoric ester groups is 2. The van der Waals surface area contributed by atoms with Gasteiger partial charge in [-0.1, -0.05) is 0 Å². The van der Waals surface area contributed by atoms with E-state index in [4.69, 9.17) is 29.6 Å². The highest BCUT2D eigenvalue weighted by Crippen LogP contribution is 2.72. The van der Waals surface area contributed by atoms with Gasteiger partial charge in [-0.25, -0.2) is 29.1 Å². The predicted octanol–water partition coefficient (Wildman–Crippen LogP) is -1.01. The molecular weight excluding hydrogens is 654 g/mol. The molecule has 3 saturated carbocycles. The molecule has 4 fully saturated rings. The first kappa shape index (κ1) is 30.0. The minimum atomic E-state index is -4.91. The van der Waals surface area contributed by atoms with Crippen LogP contribution < -0.4 is 17.0 Å². The molecule has 21 nitrogen and oxygen atoms in total. The summed E-state index contributed by atoms with van der Waals surface area (Å²) in [7, 11) is -9.81. The van der Waals surface area contributed by atoms with E-state index in [-0.39, 0.29) is 46.9 Å². The summed E-state index contributed by atoms with van der Waals surface area (Å²) in [4.78, 5) is 56.9. The second-order valence-corrected chi connectivity index (χ2v) is 14.9. The molecule has 4 aromatic heterocycles. The molecule has 4 aliphatic rings. The Morgan fingerprint density at radius 2 is 1.70 bits per heavy atom. The average molecular weight is 682 g/mol. The number of nitrogen functional groups attached to an aromatic ring is 2. The van der Waals surface area contributed by atoms with Crippen LogP contribution in [0.2, 0.25) is 0 Å². The van der Waals surface area contributed by atoms with Crippen LogP contribution in [-0.2, 0) is 27.2 Å². The molecule has 0 amide bonds. The molecule has 8 rings (SSSR count). The Bertz CT molecular complexity index is 2040. The first-order chi connectivity index (χ1) is 21.8. The molecule has 0 aromatic carbocycles. The van der Waals surface area contributed by atoms with Crippen molar-refractivity contribution in [3.8, 4) is 0 Å². The quantitative estimate of drug-likeness (QED) is 0.124. The molecule has 9 N–H and O–H groups in total. The van der Waals surface area contributed by atoms with Crippen LogP contribution in [0.15, 0.2) is 23.8 Å². The first-order valence-electron chi connectivity index (χ1n) is 14.1. The number of aromatic amines is 1. The number of aliphatic hydroxyl groups excluding tert-OH is 2. The van der Waals surface area contributed by atoms with Gasteiger partial charge in [0.1, 0.15) is 36.3 Å². The Morgan fingerprint density at radius 1 is 0.957 bits per heavy atom. The number of anilines is 2. The number of rotatable bonds is 2. The number of nitrogens with two attached hydrogens (primary N) is 2. The van der Waals surface area contributed by atoms with Crippen LogP contribution >= 0.6 is 15.6 Å². The van der Waals surface area contributed by atoms with E-state index in [0.717, 1.165) is 0 Å². The summed E-state index contributed by atoms with van der Waals surface area (Å²) in [5.41, 5.74) is 10.3. The molecule has 1 aliphatic heterocycles. The summed E-state index contributed by atoms with van der Waals surface area (Å²) in [6.45, 7) is -1.08. The summed E-state index contributed by atoms with van der Waals surface area (Å²) in [6, 6.07) is -1.73. The molecule has 0 bridgehead atoms. The largest absolute Gasteiger partial charge is 0.472 e. The lowest BCUT2D eigenvalue weighted by Gasteiger charge is -2.32. The maximum absolute atomic E-state index is 13.3. The maximum Gasteiger partial charge on any atom is 0.472 e. The maximum atomic E-state index is 13.3. The number of aliphatic hydroxyl groups is 2. The van der Waals surface area contributed by atoms with Crippen LogP contribution in [0.4, 0.5) is 11.8 Å². The Balaban J connectivity index is 1.11. The summed E-state index contributed by atoms with van der Waals surface area (Å²) >= 11 is 0. The number of H-pyrrole nitrogens is 1. The van der Waals surface area contributed by atoms with Gasteiger partial charge in [0, 0.05) is 11.3 Å². The Morgan fingerprint density at radius 3 is 2.50 bits per heavy atom. The lowest BCUT2D eigenvalue weighted by atomic mass is 10.0. The second kappa shape index (κ2) is 10.1. The number of fused-ring (bicyclic) bond motifs is 3. The fourth-order valence-corrected chi connectivity index (χ4v) is 9.50. The van der Waals surface area contributed by atoms with Crippen molar-refractivity contribution in [3.05, 3.63) is 29.3 Å². The predicted molar refractivity (Wildman–Crippen MR) is 152 cm³/mol. The van der Waals surface area contributed by atoms with Gasteiger partial charge >= 0.3 is 15.6 Å². The number of phosphoric acid groups is 2. The number of nitrogens with one attached hydrogen (secondary N) is 1. The minimum absolute atomic E-state index is 0.0320. The molecule has 11 atom stereocenters. The second-order valence-electron chi connectivity index (χ2n) is 12.0. The average Bonchev–Trinajstić information content (AvgIpc) is 3.25. The van der Waals surface area contributed by atoms with Crippen molar-refractivity contribution in [2.24, 2.45) is 17.3 Å². The topological polar surface area (TPSA) is 311 Å². The lowest BCUT2D eigenvalue weighted by molar-refractivity contribution is -0.0516. The highest BCUT2D eigenvalue weighted by atomic mass is 31.2. The SMILES string of the molecule is Nc1nc2c(ncn2[C@H]2[C@H](O)[C@@H]3OP(=O)(O)OC[C@H]4C[C@@H](n5cnc6c(N)ncnc65)[C@H](O)[C@@H]4OP(=O)(O)OC[C@@]34C[C@H]24)c(=O)[nH]1. The first-order valence-corrected chi connectivity index (χ1v) is 17.1. The van der Waals surface area contributed by atoms with E-state index in [1.165, 1.54) is 28.1 Å². The monoisotopic (exact) mass is 682 g/mol. The van der Waals surface area contributed by atoms with Crippen LogP contribution in [0.3, 0.4) is 0 Å². The van der Waals surface area contributed by atoms with Gasteiger partial charge in [-0.15, -0.1) is 0 Å². The zero-order valence-electron chi connectivity index (χ0n) is 23.5. The summed E-state index contributed by atoms with van der Waals surface area (Å²) < 4.78 is 51.5. The van der Waals surface area contributed by atoms with Gasteiger partial charge in [-0.2, -0.15) is 4.98 Å². The molecule has 23 heteroatoms. The van der Waals surface area contributed by atoms with Crippen molar-refractivity contribution in [2.75, 3.05) is 24.7 Å². The van der Waals surface area contributed by atoms with E-state index in [1.54, 1.807) is 0 Å². The van der Waals surface area contributed by atoms with E-state index in [2.05, 4.69) is 29.9 Å². The zero-order valence-corrected chi connectivity index (χ0v) is 25.3. The summed E-state index contributed by atoms with van der Waals surface area (Å²) in [5.74, 6) is -1.55. The third-order valence-corrected chi connectivity index (χ3v) is 11.5. The molecule has 46 heavy (non-hydrogen) atoms. The van der Waals surface area contributed by atoms with Crippen LogP contribution in [0, 0.1) is 17.3 Å². The van der Waals surface area contributed by atoms with Crippen LogP contribution in [0.25, 0.3) is 22.3 Å². The number of imidazole rings is 2. The molecule has 1 saturated heterocycles. The molecule has 4 aromatic rings. The van der Waals surface area contributed by atoms with Gasteiger partial charge in [-0.05, 0) is 18.8 Å². The van der Waals surface area contributed by atoms with Crippen LogP contribution in [-0.4, -0.2) is 96.7 Å². The van der Waals surface area contributed by atoms with E-state index < -0.39 is 88.2 Å². The Labute approximate surface area is 256 Å². The lowest BCUT2D eigenvalue weighted by Crippen LogP contribution is -2.39. The van der Waals surface area contributed by atoms with Crippen molar-refractivity contribution in [3.63, 3.8) is 0 Å². The number of hydrogen-bond donors (Lipinski definition) is 7. The van der Waals surface area contributed by atoms with Crippen LogP contribution in [0.5, 0.6) is 0 Å². The minimum Gasteiger partial charge on any atom is -0.388 e. The summed E-state index contributed by atoms with van der Waals surface area (Å²) in [6.07, 6.45) is -1.63.